The molecule has 4 rings (SSSR count). The molecule has 0 spiro atoms. The molecule has 0 fully saturated rings. The molecule has 0 unspecified atom stereocenters. The van der Waals surface area contributed by atoms with Crippen molar-refractivity contribution in [3.63, 3.8) is 0 Å². The predicted octanol–water partition coefficient (Wildman–Crippen LogP) is 1.88. The molecule has 35 heavy (non-hydrogen) atoms. The Labute approximate surface area is 200 Å². The van der Waals surface area contributed by atoms with E-state index >= 15 is 0 Å². The predicted molar refractivity (Wildman–Crippen MR) is 130 cm³/mol. The van der Waals surface area contributed by atoms with Crippen LogP contribution < -0.4 is 26.0 Å². The Bertz CT molecular complexity index is 1490. The Morgan fingerprint density at radius 2 is 1.89 bits per heavy atom. The van der Waals surface area contributed by atoms with Crippen LogP contribution in [0.15, 0.2) is 64.4 Å². The third-order valence-electron chi connectivity index (χ3n) is 5.49. The highest BCUT2D eigenvalue weighted by Gasteiger charge is 2.16. The van der Waals surface area contributed by atoms with Crippen LogP contribution in [0.1, 0.15) is 28.5 Å². The van der Waals surface area contributed by atoms with Gasteiger partial charge in [0.05, 0.1) is 37.4 Å². The smallest absolute Gasteiger partial charge is 0.331 e. The molecule has 0 atom stereocenters. The van der Waals surface area contributed by atoms with E-state index in [1.807, 2.05) is 6.92 Å². The number of hydrogen-bond acceptors (Lipinski definition) is 7. The molecule has 0 aliphatic carbocycles. The molecule has 3 heterocycles. The van der Waals surface area contributed by atoms with Crippen molar-refractivity contribution in [2.24, 2.45) is 7.05 Å². The van der Waals surface area contributed by atoms with Crippen molar-refractivity contribution in [1.29, 1.82) is 0 Å². The summed E-state index contributed by atoms with van der Waals surface area (Å²) in [4.78, 5) is 47.2. The molecule has 0 saturated carbocycles. The zero-order chi connectivity index (χ0) is 24.9. The zero-order valence-corrected chi connectivity index (χ0v) is 19.6. The zero-order valence-electron chi connectivity index (χ0n) is 19.6. The van der Waals surface area contributed by atoms with Gasteiger partial charge in [0.1, 0.15) is 11.4 Å². The van der Waals surface area contributed by atoms with Gasteiger partial charge in [-0.3, -0.25) is 18.7 Å². The average Bonchev–Trinajstić information content (AvgIpc) is 2.89. The average molecular weight is 476 g/mol. The fourth-order valence-electron chi connectivity index (χ4n) is 3.64. The maximum atomic E-state index is 13.2. The Morgan fingerprint density at radius 1 is 1.06 bits per heavy atom. The summed E-state index contributed by atoms with van der Waals surface area (Å²) >= 11 is 0. The molecule has 4 aromatic rings. The number of nitrogens with one attached hydrogen (secondary N) is 1. The van der Waals surface area contributed by atoms with Gasteiger partial charge in [-0.05, 0) is 36.2 Å². The molecular formula is C25H25N5O5. The van der Waals surface area contributed by atoms with Crippen LogP contribution >= 0.6 is 0 Å². The molecule has 10 heteroatoms. The molecule has 3 aromatic heterocycles. The minimum absolute atomic E-state index is 0.0627. The van der Waals surface area contributed by atoms with Crippen LogP contribution in [0.2, 0.25) is 0 Å². The van der Waals surface area contributed by atoms with E-state index in [1.165, 1.54) is 16.8 Å². The van der Waals surface area contributed by atoms with Crippen LogP contribution in [0.5, 0.6) is 11.6 Å². The normalized spacial score (nSPS) is 10.8. The fraction of sp³-hybridized carbons (Fsp3) is 0.240. The summed E-state index contributed by atoms with van der Waals surface area (Å²) in [5.74, 6) is 0.682. The number of carbonyl (C=O) groups excluding carboxylic acids is 1. The molecule has 1 amide bonds. The molecule has 0 bridgehead atoms. The van der Waals surface area contributed by atoms with Gasteiger partial charge < -0.3 is 14.8 Å². The minimum atomic E-state index is -0.502. The number of rotatable bonds is 8. The largest absolute Gasteiger partial charge is 0.497 e. The second kappa shape index (κ2) is 10.2. The Kier molecular flexibility index (Phi) is 6.91. The van der Waals surface area contributed by atoms with Crippen LogP contribution in [0.4, 0.5) is 0 Å². The highest BCUT2D eigenvalue weighted by molar-refractivity contribution is 5.95. The second-order valence-electron chi connectivity index (χ2n) is 7.79. The lowest BCUT2D eigenvalue weighted by Crippen LogP contribution is -2.39. The van der Waals surface area contributed by atoms with E-state index in [2.05, 4.69) is 15.3 Å². The first kappa shape index (κ1) is 23.7. The summed E-state index contributed by atoms with van der Waals surface area (Å²) in [6, 6.07) is 12.1. The van der Waals surface area contributed by atoms with Gasteiger partial charge in [0, 0.05) is 25.9 Å². The van der Waals surface area contributed by atoms with Gasteiger partial charge in [0.25, 0.3) is 11.5 Å². The first-order chi connectivity index (χ1) is 16.9. The Hall–Kier alpha value is -4.47. The summed E-state index contributed by atoms with van der Waals surface area (Å²) in [7, 11) is 3.11. The van der Waals surface area contributed by atoms with E-state index in [0.717, 1.165) is 15.7 Å². The van der Waals surface area contributed by atoms with E-state index in [0.29, 0.717) is 23.8 Å². The van der Waals surface area contributed by atoms with Gasteiger partial charge in [0.2, 0.25) is 5.88 Å². The third kappa shape index (κ3) is 5.06. The van der Waals surface area contributed by atoms with E-state index in [4.69, 9.17) is 9.47 Å². The lowest BCUT2D eigenvalue weighted by molar-refractivity contribution is 0.0946. The number of aryl methyl sites for hydroxylation is 1. The van der Waals surface area contributed by atoms with Crippen molar-refractivity contribution >= 4 is 16.8 Å². The molecule has 1 N–H and O–H groups in total. The first-order valence-electron chi connectivity index (χ1n) is 11.0. The monoisotopic (exact) mass is 475 g/mol. The maximum Gasteiger partial charge on any atom is 0.331 e. The van der Waals surface area contributed by atoms with Crippen LogP contribution in [0, 0.1) is 0 Å². The number of amides is 1. The lowest BCUT2D eigenvalue weighted by Gasteiger charge is -2.12. The van der Waals surface area contributed by atoms with E-state index in [-0.39, 0.29) is 24.2 Å². The number of pyridine rings is 2. The SMILES string of the molecule is CCOc1ccc(CNC(=O)c2cc3c(=O)n(Cc4cccc(OC)c4)c(=O)n(C)c3cn2)cn1. The van der Waals surface area contributed by atoms with Crippen molar-refractivity contribution < 1.29 is 14.3 Å². The standard InChI is InChI=1S/C25H25N5O5/c1-4-35-22-9-8-17(12-27-22)13-28-23(31)20-11-19-21(14-26-20)29(2)25(33)30(24(19)32)15-16-6-5-7-18(10-16)34-3/h5-12,14H,4,13,15H2,1-3H3,(H,28,31). The summed E-state index contributed by atoms with van der Waals surface area (Å²) in [6.07, 6.45) is 2.98. The van der Waals surface area contributed by atoms with Gasteiger partial charge in [-0.25, -0.2) is 14.8 Å². The molecule has 0 aliphatic rings. The molecule has 0 radical (unpaired) electrons. The Morgan fingerprint density at radius 3 is 2.60 bits per heavy atom. The lowest BCUT2D eigenvalue weighted by atomic mass is 10.2. The van der Waals surface area contributed by atoms with Crippen molar-refractivity contribution in [1.82, 2.24) is 24.4 Å². The highest BCUT2D eigenvalue weighted by atomic mass is 16.5. The maximum absolute atomic E-state index is 13.2. The number of carbonyl (C=O) groups is 1. The van der Waals surface area contributed by atoms with Gasteiger partial charge in [-0.1, -0.05) is 18.2 Å². The quantitative estimate of drug-likeness (QED) is 0.413. The van der Waals surface area contributed by atoms with Gasteiger partial charge in [0.15, 0.2) is 0 Å². The third-order valence-corrected chi connectivity index (χ3v) is 5.49. The Balaban J connectivity index is 1.61. The number of nitrogens with zero attached hydrogens (tertiary/aromatic N) is 4. The van der Waals surface area contributed by atoms with E-state index < -0.39 is 17.2 Å². The van der Waals surface area contributed by atoms with Crippen LogP contribution in [0.25, 0.3) is 10.9 Å². The fourth-order valence-corrected chi connectivity index (χ4v) is 3.64. The summed E-state index contributed by atoms with van der Waals surface area (Å²) in [5, 5.41) is 2.99. The van der Waals surface area contributed by atoms with Crippen molar-refractivity contribution in [3.05, 3.63) is 92.5 Å². The van der Waals surface area contributed by atoms with Crippen molar-refractivity contribution in [3.8, 4) is 11.6 Å². The number of hydrogen-bond donors (Lipinski definition) is 1. The van der Waals surface area contributed by atoms with Crippen molar-refractivity contribution in [2.75, 3.05) is 13.7 Å². The van der Waals surface area contributed by atoms with E-state index in [9.17, 15) is 14.4 Å². The molecule has 1 aromatic carbocycles. The molecule has 180 valence electrons. The second-order valence-corrected chi connectivity index (χ2v) is 7.79. The molecule has 10 nitrogen and oxygen atoms in total. The first-order valence-corrected chi connectivity index (χ1v) is 11.0. The number of methoxy groups -OCH3 is 1. The molecule has 0 saturated heterocycles. The van der Waals surface area contributed by atoms with Crippen LogP contribution in [-0.4, -0.2) is 38.7 Å². The van der Waals surface area contributed by atoms with Gasteiger partial charge >= 0.3 is 5.69 Å². The van der Waals surface area contributed by atoms with Gasteiger partial charge in [-0.15, -0.1) is 0 Å². The highest BCUT2D eigenvalue weighted by Crippen LogP contribution is 2.14. The van der Waals surface area contributed by atoms with Crippen molar-refractivity contribution in [2.45, 2.75) is 20.0 Å². The van der Waals surface area contributed by atoms with E-state index in [1.54, 1.807) is 56.8 Å². The molecule has 0 aliphatic heterocycles. The summed E-state index contributed by atoms with van der Waals surface area (Å²) in [5.41, 5.74) is 0.948. The van der Waals surface area contributed by atoms with Gasteiger partial charge in [-0.2, -0.15) is 0 Å². The summed E-state index contributed by atoms with van der Waals surface area (Å²) in [6.45, 7) is 2.68. The number of benzene rings is 1. The number of fused-ring (bicyclic) bond motifs is 1. The molecular weight excluding hydrogens is 450 g/mol. The minimum Gasteiger partial charge on any atom is -0.497 e. The van der Waals surface area contributed by atoms with Crippen LogP contribution in [0.3, 0.4) is 0 Å². The topological polar surface area (TPSA) is 117 Å². The van der Waals surface area contributed by atoms with Crippen LogP contribution in [-0.2, 0) is 20.1 Å². The number of ether oxygens (including phenoxy) is 2. The number of aromatic nitrogens is 4. The summed E-state index contributed by atoms with van der Waals surface area (Å²) < 4.78 is 13.0.